The number of para-hydroxylation sites is 1. The van der Waals surface area contributed by atoms with Gasteiger partial charge < -0.3 is 0 Å². The summed E-state index contributed by atoms with van der Waals surface area (Å²) in [5.74, 6) is 0. The molecular formula is C22H19N4+. The quantitative estimate of drug-likeness (QED) is 0.384. The Hall–Kier alpha value is -3.45. The van der Waals surface area contributed by atoms with E-state index >= 15 is 0 Å². The molecule has 0 fully saturated rings. The Morgan fingerprint density at radius 1 is 1.04 bits per heavy atom. The predicted molar refractivity (Wildman–Crippen MR) is 103 cm³/mol. The molecule has 0 bridgehead atoms. The van der Waals surface area contributed by atoms with Crippen LogP contribution in [-0.4, -0.2) is 9.78 Å². The normalized spacial score (nSPS) is 10.8. The topological polar surface area (TPSA) is 26.1 Å². The summed E-state index contributed by atoms with van der Waals surface area (Å²) < 4.78 is 4.08. The lowest BCUT2D eigenvalue weighted by atomic mass is 10.0. The lowest BCUT2D eigenvalue weighted by molar-refractivity contribution is -0.574. The summed E-state index contributed by atoms with van der Waals surface area (Å²) in [6, 6.07) is 18.5. The Morgan fingerprint density at radius 3 is 2.58 bits per heavy atom. The van der Waals surface area contributed by atoms with Gasteiger partial charge in [-0.25, -0.2) is 4.85 Å². The van der Waals surface area contributed by atoms with Gasteiger partial charge in [-0.1, -0.05) is 12.1 Å². The van der Waals surface area contributed by atoms with Gasteiger partial charge in [0, 0.05) is 49.3 Å². The minimum absolute atomic E-state index is 0.627. The van der Waals surface area contributed by atoms with Gasteiger partial charge in [-0.05, 0) is 36.8 Å². The number of nitrogens with zero attached hydrogens (tertiary/aromatic N) is 4. The third kappa shape index (κ3) is 2.46. The van der Waals surface area contributed by atoms with E-state index in [1.165, 1.54) is 5.39 Å². The first-order valence-electron chi connectivity index (χ1n) is 8.51. The van der Waals surface area contributed by atoms with E-state index in [1.807, 2.05) is 42.1 Å². The summed E-state index contributed by atoms with van der Waals surface area (Å²) in [4.78, 5) is 3.71. The van der Waals surface area contributed by atoms with E-state index in [2.05, 4.69) is 52.6 Å². The van der Waals surface area contributed by atoms with Gasteiger partial charge in [-0.15, -0.1) is 0 Å². The Balaban J connectivity index is 2.10. The summed E-state index contributed by atoms with van der Waals surface area (Å²) in [6.45, 7) is 11.8. The zero-order chi connectivity index (χ0) is 18.3. The second-order valence-electron chi connectivity index (χ2n) is 6.46. The molecule has 0 atom stereocenters. The summed E-state index contributed by atoms with van der Waals surface area (Å²) in [6.07, 6.45) is 1.79. The molecule has 0 N–H and O–H groups in total. The van der Waals surface area contributed by atoms with Crippen molar-refractivity contribution in [1.82, 2.24) is 9.78 Å². The van der Waals surface area contributed by atoms with Crippen molar-refractivity contribution < 1.29 is 4.57 Å². The van der Waals surface area contributed by atoms with Crippen molar-refractivity contribution >= 4 is 16.6 Å². The number of hydrogen-bond donors (Lipinski definition) is 0. The third-order valence-electron chi connectivity index (χ3n) is 4.87. The molecule has 126 valence electrons. The molecule has 0 aliphatic carbocycles. The second kappa shape index (κ2) is 6.12. The van der Waals surface area contributed by atoms with Crippen LogP contribution in [0.1, 0.15) is 11.3 Å². The monoisotopic (exact) mass is 339 g/mol. The highest BCUT2D eigenvalue weighted by molar-refractivity contribution is 5.78. The van der Waals surface area contributed by atoms with Crippen LogP contribution in [0.4, 0.5) is 5.69 Å². The Morgan fingerprint density at radius 2 is 1.85 bits per heavy atom. The van der Waals surface area contributed by atoms with E-state index < -0.39 is 0 Å². The Labute approximate surface area is 152 Å². The van der Waals surface area contributed by atoms with Crippen LogP contribution in [0, 0.1) is 20.4 Å². The molecule has 0 amide bonds. The van der Waals surface area contributed by atoms with Crippen molar-refractivity contribution in [2.75, 3.05) is 0 Å². The molecule has 0 saturated carbocycles. The van der Waals surface area contributed by atoms with E-state index in [-0.39, 0.29) is 0 Å². The standard InChI is InChI=1S/C22H19N4/c1-15-9-10-17-7-5-6-8-20(17)26(15)22-14-18(23-3)13-19(16(22)2)21-11-12-24-25(21)4/h5-14H,1-2,4H3/q+1. The minimum Gasteiger partial charge on any atom is -0.268 e. The SMILES string of the molecule is [C-]#[N+]c1cc(-c2ccnn2C)c(C)c(-[n+]2c(C)ccc3ccccc32)c1. The molecule has 0 unspecified atom stereocenters. The lowest BCUT2D eigenvalue weighted by Crippen LogP contribution is -2.36. The average molecular weight is 339 g/mol. The molecule has 4 nitrogen and oxygen atoms in total. The number of aryl methyl sites for hydroxylation is 2. The van der Waals surface area contributed by atoms with E-state index in [4.69, 9.17) is 6.57 Å². The summed E-state index contributed by atoms with van der Waals surface area (Å²) in [5.41, 5.74) is 7.09. The van der Waals surface area contributed by atoms with Crippen LogP contribution in [0.25, 0.3) is 32.7 Å². The summed E-state index contributed by atoms with van der Waals surface area (Å²) in [5, 5.41) is 5.47. The van der Waals surface area contributed by atoms with Crippen molar-refractivity contribution in [3.8, 4) is 16.9 Å². The van der Waals surface area contributed by atoms with E-state index in [0.29, 0.717) is 5.69 Å². The first-order valence-corrected chi connectivity index (χ1v) is 8.51. The number of pyridine rings is 1. The van der Waals surface area contributed by atoms with Gasteiger partial charge in [0.15, 0.2) is 11.4 Å². The molecule has 0 radical (unpaired) electrons. The molecule has 0 saturated heterocycles. The molecule has 0 spiro atoms. The van der Waals surface area contributed by atoms with Crippen molar-refractivity contribution in [3.63, 3.8) is 0 Å². The maximum atomic E-state index is 7.56. The zero-order valence-corrected chi connectivity index (χ0v) is 15.1. The molecule has 2 aromatic carbocycles. The van der Waals surface area contributed by atoms with Crippen LogP contribution >= 0.6 is 0 Å². The highest BCUT2D eigenvalue weighted by Gasteiger charge is 2.22. The van der Waals surface area contributed by atoms with Crippen LogP contribution in [0.3, 0.4) is 0 Å². The maximum Gasteiger partial charge on any atom is 0.218 e. The predicted octanol–water partition coefficient (Wildman–Crippen LogP) is 4.68. The van der Waals surface area contributed by atoms with Crippen molar-refractivity contribution in [2.45, 2.75) is 13.8 Å². The fourth-order valence-electron chi connectivity index (χ4n) is 3.51. The molecule has 26 heavy (non-hydrogen) atoms. The number of benzene rings is 2. The van der Waals surface area contributed by atoms with Crippen LogP contribution in [0.15, 0.2) is 60.8 Å². The van der Waals surface area contributed by atoms with Gasteiger partial charge in [-0.3, -0.25) is 4.68 Å². The summed E-state index contributed by atoms with van der Waals surface area (Å²) in [7, 11) is 1.93. The van der Waals surface area contributed by atoms with Gasteiger partial charge in [-0.2, -0.15) is 9.67 Å². The Bertz CT molecular complexity index is 1180. The second-order valence-corrected chi connectivity index (χ2v) is 6.46. The van der Waals surface area contributed by atoms with Gasteiger partial charge >= 0.3 is 0 Å². The van der Waals surface area contributed by atoms with Crippen LogP contribution < -0.4 is 4.57 Å². The molecular weight excluding hydrogens is 320 g/mol. The van der Waals surface area contributed by atoms with Gasteiger partial charge in [0.2, 0.25) is 11.2 Å². The fraction of sp³-hybridized carbons (Fsp3) is 0.136. The van der Waals surface area contributed by atoms with Crippen molar-refractivity contribution in [2.24, 2.45) is 7.05 Å². The molecule has 0 aliphatic rings. The molecule has 4 heteroatoms. The zero-order valence-electron chi connectivity index (χ0n) is 15.1. The van der Waals surface area contributed by atoms with Crippen LogP contribution in [0.2, 0.25) is 0 Å². The van der Waals surface area contributed by atoms with Gasteiger partial charge in [0.1, 0.15) is 0 Å². The largest absolute Gasteiger partial charge is 0.268 e. The highest BCUT2D eigenvalue weighted by atomic mass is 15.3. The molecule has 0 aliphatic heterocycles. The first-order chi connectivity index (χ1) is 12.6. The highest BCUT2D eigenvalue weighted by Crippen LogP contribution is 2.31. The summed E-state index contributed by atoms with van der Waals surface area (Å²) >= 11 is 0. The molecule has 2 heterocycles. The minimum atomic E-state index is 0.627. The average Bonchev–Trinajstić information content (AvgIpc) is 3.08. The van der Waals surface area contributed by atoms with Crippen molar-refractivity contribution in [1.29, 1.82) is 0 Å². The van der Waals surface area contributed by atoms with E-state index in [1.54, 1.807) is 6.20 Å². The lowest BCUT2D eigenvalue weighted by Gasteiger charge is -2.12. The van der Waals surface area contributed by atoms with Gasteiger partial charge in [0.05, 0.1) is 12.3 Å². The van der Waals surface area contributed by atoms with Crippen LogP contribution in [-0.2, 0) is 7.05 Å². The molecule has 4 aromatic rings. The van der Waals surface area contributed by atoms with Crippen LogP contribution in [0.5, 0.6) is 0 Å². The maximum absolute atomic E-state index is 7.56. The number of hydrogen-bond acceptors (Lipinski definition) is 1. The smallest absolute Gasteiger partial charge is 0.218 e. The number of aromatic nitrogens is 3. The molecule has 2 aromatic heterocycles. The molecule has 4 rings (SSSR count). The van der Waals surface area contributed by atoms with E-state index in [9.17, 15) is 0 Å². The fourth-order valence-corrected chi connectivity index (χ4v) is 3.51. The number of rotatable bonds is 2. The van der Waals surface area contributed by atoms with E-state index in [0.717, 1.165) is 33.7 Å². The van der Waals surface area contributed by atoms with Gasteiger partial charge in [0.25, 0.3) is 0 Å². The third-order valence-corrected chi connectivity index (χ3v) is 4.87. The number of fused-ring (bicyclic) bond motifs is 1. The first kappa shape index (κ1) is 16.0. The van der Waals surface area contributed by atoms with Crippen molar-refractivity contribution in [3.05, 3.63) is 83.5 Å². The Kier molecular flexibility index (Phi) is 3.78.